The van der Waals surface area contributed by atoms with Crippen LogP contribution in [0, 0.1) is 5.82 Å². The van der Waals surface area contributed by atoms with Crippen molar-refractivity contribution in [3.8, 4) is 0 Å². The van der Waals surface area contributed by atoms with Crippen molar-refractivity contribution >= 4 is 40.9 Å². The van der Waals surface area contributed by atoms with E-state index in [1.165, 1.54) is 24.4 Å². The smallest absolute Gasteiger partial charge is 0.170 e. The summed E-state index contributed by atoms with van der Waals surface area (Å²) in [5, 5.41) is 11.0. The molecule has 3 aromatic rings. The predicted molar refractivity (Wildman–Crippen MR) is 113 cm³/mol. The first-order chi connectivity index (χ1) is 14.5. The topological polar surface area (TPSA) is 83.8 Å². The average Bonchev–Trinajstić information content (AvgIpc) is 3.18. The molecule has 4 rings (SSSR count). The lowest BCUT2D eigenvalue weighted by molar-refractivity contribution is 0.0227. The van der Waals surface area contributed by atoms with Crippen molar-refractivity contribution in [2.75, 3.05) is 43.5 Å². The molecule has 1 unspecified atom stereocenters. The number of benzene rings is 1. The molecule has 2 N–H and O–H groups in total. The lowest BCUT2D eigenvalue weighted by Crippen LogP contribution is -2.45. The van der Waals surface area contributed by atoms with Gasteiger partial charge in [-0.1, -0.05) is 11.6 Å². The summed E-state index contributed by atoms with van der Waals surface area (Å²) in [6.07, 6.45) is 2.15. The summed E-state index contributed by atoms with van der Waals surface area (Å²) in [6, 6.07) is 6.22. The van der Waals surface area contributed by atoms with E-state index in [1.54, 1.807) is 10.6 Å². The van der Waals surface area contributed by atoms with E-state index in [9.17, 15) is 9.18 Å². The number of ether oxygens (including phenoxy) is 1. The van der Waals surface area contributed by atoms with Crippen LogP contribution in [0.1, 0.15) is 17.3 Å². The van der Waals surface area contributed by atoms with Crippen molar-refractivity contribution in [1.29, 1.82) is 0 Å². The fourth-order valence-electron chi connectivity index (χ4n) is 3.38. The van der Waals surface area contributed by atoms with Crippen LogP contribution < -0.4 is 10.6 Å². The molecule has 0 aliphatic carbocycles. The van der Waals surface area contributed by atoms with Crippen LogP contribution in [0.25, 0.3) is 5.65 Å². The molecule has 0 spiro atoms. The number of fused-ring (bicyclic) bond motifs is 1. The van der Waals surface area contributed by atoms with Gasteiger partial charge in [-0.2, -0.15) is 9.61 Å². The van der Waals surface area contributed by atoms with Gasteiger partial charge in [-0.15, -0.1) is 0 Å². The van der Waals surface area contributed by atoms with Gasteiger partial charge in [0.1, 0.15) is 17.5 Å². The molecule has 158 valence electrons. The Balaban J connectivity index is 1.61. The van der Waals surface area contributed by atoms with E-state index < -0.39 is 5.82 Å². The highest BCUT2D eigenvalue weighted by molar-refractivity contribution is 6.30. The summed E-state index contributed by atoms with van der Waals surface area (Å²) < 4.78 is 21.1. The second-order valence-electron chi connectivity index (χ2n) is 7.11. The number of aromatic nitrogens is 3. The van der Waals surface area contributed by atoms with Gasteiger partial charge in [0.15, 0.2) is 11.9 Å². The minimum atomic E-state index is -0.458. The maximum absolute atomic E-state index is 14.2. The molecule has 2 aromatic heterocycles. The molecule has 1 aliphatic rings. The molecule has 1 aromatic carbocycles. The summed E-state index contributed by atoms with van der Waals surface area (Å²) in [6.45, 7) is 6.01. The zero-order valence-electron chi connectivity index (χ0n) is 16.4. The van der Waals surface area contributed by atoms with Crippen molar-refractivity contribution < 1.29 is 13.9 Å². The lowest BCUT2D eigenvalue weighted by atomic mass is 10.2. The van der Waals surface area contributed by atoms with Gasteiger partial charge in [-0.05, 0) is 25.1 Å². The fraction of sp³-hybridized carbons (Fsp3) is 0.350. The Hall–Kier alpha value is -2.75. The first-order valence-corrected chi connectivity index (χ1v) is 10.0. The molecule has 1 aliphatic heterocycles. The predicted octanol–water partition coefficient (Wildman–Crippen LogP) is 3.21. The summed E-state index contributed by atoms with van der Waals surface area (Å²) in [5.74, 6) is 0.549. The van der Waals surface area contributed by atoms with Crippen molar-refractivity contribution in [2.45, 2.75) is 13.0 Å². The van der Waals surface area contributed by atoms with Crippen molar-refractivity contribution in [1.82, 2.24) is 19.5 Å². The highest BCUT2D eigenvalue weighted by atomic mass is 35.5. The Morgan fingerprint density at radius 3 is 2.90 bits per heavy atom. The molecule has 1 fully saturated rings. The second kappa shape index (κ2) is 8.95. The summed E-state index contributed by atoms with van der Waals surface area (Å²) >= 11 is 5.98. The molecule has 0 bridgehead atoms. The van der Waals surface area contributed by atoms with Gasteiger partial charge in [0.25, 0.3) is 0 Å². The third-order valence-corrected chi connectivity index (χ3v) is 5.30. The maximum Gasteiger partial charge on any atom is 0.170 e. The number of rotatable bonds is 7. The number of nitrogens with one attached hydrogen (secondary N) is 2. The van der Waals surface area contributed by atoms with Crippen LogP contribution in [0.5, 0.6) is 0 Å². The van der Waals surface area contributed by atoms with Gasteiger partial charge in [-0.25, -0.2) is 9.37 Å². The lowest BCUT2D eigenvalue weighted by Gasteiger charge is -2.32. The molecular formula is C20H22ClFN6O2. The Labute approximate surface area is 178 Å². The fourth-order valence-corrected chi connectivity index (χ4v) is 3.56. The first-order valence-electron chi connectivity index (χ1n) is 9.67. The van der Waals surface area contributed by atoms with Crippen molar-refractivity contribution in [3.63, 3.8) is 0 Å². The standard InChI is InChI=1S/C20H22ClFN6O2/c1-13(27-4-6-30-7-5-27)10-23-19-9-18(25-17-8-15(21)2-3-16(17)22)26-20-14(12-29)11-24-28(19)20/h2-3,8-9,11-13,23H,4-7,10H2,1H3,(H,25,26). The largest absolute Gasteiger partial charge is 0.379 e. The van der Waals surface area contributed by atoms with Gasteiger partial charge in [-0.3, -0.25) is 9.69 Å². The van der Waals surface area contributed by atoms with Gasteiger partial charge in [0.2, 0.25) is 0 Å². The van der Waals surface area contributed by atoms with Crippen LogP contribution >= 0.6 is 11.6 Å². The molecular weight excluding hydrogens is 411 g/mol. The number of hydrogen-bond donors (Lipinski definition) is 2. The Morgan fingerprint density at radius 1 is 1.33 bits per heavy atom. The quantitative estimate of drug-likeness (QED) is 0.554. The van der Waals surface area contributed by atoms with Crippen LogP contribution in [-0.2, 0) is 4.74 Å². The Morgan fingerprint density at radius 2 is 2.13 bits per heavy atom. The normalized spacial score (nSPS) is 15.8. The molecule has 3 heterocycles. The van der Waals surface area contributed by atoms with Crippen LogP contribution in [0.4, 0.5) is 21.7 Å². The minimum absolute atomic E-state index is 0.194. The Kier molecular flexibility index (Phi) is 6.12. The average molecular weight is 433 g/mol. The molecule has 1 atom stereocenters. The molecule has 8 nitrogen and oxygen atoms in total. The van der Waals surface area contributed by atoms with Crippen LogP contribution in [0.2, 0.25) is 5.02 Å². The van der Waals surface area contributed by atoms with Crippen LogP contribution in [0.3, 0.4) is 0 Å². The van der Waals surface area contributed by atoms with Crippen LogP contribution in [-0.4, -0.2) is 64.7 Å². The zero-order chi connectivity index (χ0) is 21.1. The first kappa shape index (κ1) is 20.5. The molecule has 0 amide bonds. The third kappa shape index (κ3) is 4.38. The number of morpholine rings is 1. The molecule has 0 saturated carbocycles. The Bertz CT molecular complexity index is 1050. The van der Waals surface area contributed by atoms with E-state index in [-0.39, 0.29) is 11.7 Å². The van der Waals surface area contributed by atoms with Gasteiger partial charge in [0.05, 0.1) is 30.7 Å². The molecule has 30 heavy (non-hydrogen) atoms. The molecule has 1 saturated heterocycles. The second-order valence-corrected chi connectivity index (χ2v) is 7.54. The molecule has 0 radical (unpaired) electrons. The van der Waals surface area contributed by atoms with Gasteiger partial charge < -0.3 is 15.4 Å². The monoisotopic (exact) mass is 432 g/mol. The van der Waals surface area contributed by atoms with Gasteiger partial charge in [0, 0.05) is 36.8 Å². The number of carbonyl (C=O) groups excluding carboxylic acids is 1. The zero-order valence-corrected chi connectivity index (χ0v) is 17.2. The van der Waals surface area contributed by atoms with Gasteiger partial charge >= 0.3 is 0 Å². The summed E-state index contributed by atoms with van der Waals surface area (Å²) in [4.78, 5) is 18.2. The third-order valence-electron chi connectivity index (χ3n) is 5.06. The SMILES string of the molecule is CC(CNc1cc(Nc2cc(Cl)ccc2F)nc2c(C=O)cnn12)N1CCOCC1. The number of nitrogens with zero attached hydrogens (tertiary/aromatic N) is 4. The van der Waals surface area contributed by atoms with E-state index in [2.05, 4.69) is 32.5 Å². The van der Waals surface area contributed by atoms with E-state index in [4.69, 9.17) is 16.3 Å². The van der Waals surface area contributed by atoms with E-state index in [0.717, 1.165) is 26.3 Å². The summed E-state index contributed by atoms with van der Waals surface area (Å²) in [5.41, 5.74) is 0.910. The van der Waals surface area contributed by atoms with E-state index in [1.807, 2.05) is 0 Å². The van der Waals surface area contributed by atoms with E-state index in [0.29, 0.717) is 40.7 Å². The van der Waals surface area contributed by atoms with E-state index >= 15 is 0 Å². The van der Waals surface area contributed by atoms with Crippen molar-refractivity contribution in [2.24, 2.45) is 0 Å². The minimum Gasteiger partial charge on any atom is -0.379 e. The summed E-state index contributed by atoms with van der Waals surface area (Å²) in [7, 11) is 0. The molecule has 10 heteroatoms. The number of anilines is 3. The van der Waals surface area contributed by atoms with Crippen molar-refractivity contribution in [3.05, 3.63) is 46.9 Å². The maximum atomic E-state index is 14.2. The number of aldehydes is 1. The highest BCUT2D eigenvalue weighted by Crippen LogP contribution is 2.25. The number of hydrogen-bond acceptors (Lipinski definition) is 7. The number of carbonyl (C=O) groups is 1. The van der Waals surface area contributed by atoms with Crippen LogP contribution in [0.15, 0.2) is 30.5 Å². The highest BCUT2D eigenvalue weighted by Gasteiger charge is 2.18. The number of halogens is 2.